The number of nitrogens with zero attached hydrogens (tertiary/aromatic N) is 9. The molecule has 2 rings (SSSR count). The van der Waals surface area contributed by atoms with Crippen LogP contribution in [0.5, 0.6) is 0 Å². The van der Waals surface area contributed by atoms with Crippen molar-refractivity contribution in [3.63, 3.8) is 0 Å². The van der Waals surface area contributed by atoms with Gasteiger partial charge in [0.1, 0.15) is 18.3 Å². The smallest absolute Gasteiger partial charge is 0.299 e. The highest BCUT2D eigenvalue weighted by Crippen LogP contribution is 2.37. The monoisotopic (exact) mass is 405 g/mol. The third-order valence-electron chi connectivity index (χ3n) is 4.57. The van der Waals surface area contributed by atoms with Crippen LogP contribution in [0.3, 0.4) is 0 Å². The maximum absolute atomic E-state index is 14.0. The number of halogens is 2. The van der Waals surface area contributed by atoms with Crippen molar-refractivity contribution in [1.29, 1.82) is 0 Å². The molecule has 0 radical (unpaired) electrons. The highest BCUT2D eigenvalue weighted by Gasteiger charge is 2.54. The van der Waals surface area contributed by atoms with Crippen LogP contribution in [0.4, 0.5) is 8.78 Å². The lowest BCUT2D eigenvalue weighted by atomic mass is 9.84. The highest BCUT2D eigenvalue weighted by molar-refractivity contribution is 5.01. The maximum Gasteiger partial charge on any atom is 0.299 e. The van der Waals surface area contributed by atoms with Crippen molar-refractivity contribution in [3.05, 3.63) is 31.3 Å². The second kappa shape index (κ2) is 9.19. The summed E-state index contributed by atoms with van der Waals surface area (Å²) in [4.78, 5) is 7.51. The SMILES string of the molecule is [N-]=[N+]=NC[C@H]1O[C@H](O[C@@H]2C(N=[N+]=[N-])CC(N=[N+]=[N-])[C@H](O)[C@H]2O)C[C@@H](O)C1(F)F. The van der Waals surface area contributed by atoms with E-state index in [9.17, 15) is 24.1 Å². The summed E-state index contributed by atoms with van der Waals surface area (Å²) in [7, 11) is 0. The molecule has 8 atom stereocenters. The summed E-state index contributed by atoms with van der Waals surface area (Å²) in [5.41, 5.74) is 25.5. The Morgan fingerprint density at radius 2 is 1.64 bits per heavy atom. The van der Waals surface area contributed by atoms with Crippen molar-refractivity contribution in [2.45, 2.75) is 67.7 Å². The minimum Gasteiger partial charge on any atom is -0.390 e. The van der Waals surface area contributed by atoms with Gasteiger partial charge in [-0.25, -0.2) is 8.78 Å². The predicted molar refractivity (Wildman–Crippen MR) is 85.6 cm³/mol. The van der Waals surface area contributed by atoms with Gasteiger partial charge in [-0.1, -0.05) is 15.3 Å². The van der Waals surface area contributed by atoms with Gasteiger partial charge in [0.2, 0.25) is 0 Å². The fourth-order valence-electron chi connectivity index (χ4n) is 3.12. The molecule has 154 valence electrons. The molecule has 14 nitrogen and oxygen atoms in total. The van der Waals surface area contributed by atoms with Crippen molar-refractivity contribution in [2.24, 2.45) is 15.3 Å². The molecular formula is C12H17F2N9O5. The van der Waals surface area contributed by atoms with E-state index in [-0.39, 0.29) is 6.42 Å². The summed E-state index contributed by atoms with van der Waals surface area (Å²) >= 11 is 0. The number of ether oxygens (including phenoxy) is 2. The Morgan fingerprint density at radius 1 is 1.00 bits per heavy atom. The lowest BCUT2D eigenvalue weighted by molar-refractivity contribution is -0.318. The fourth-order valence-corrected chi connectivity index (χ4v) is 3.12. The quantitative estimate of drug-likeness (QED) is 0.336. The Balaban J connectivity index is 2.20. The van der Waals surface area contributed by atoms with Gasteiger partial charge < -0.3 is 24.8 Å². The Labute approximate surface area is 155 Å². The first kappa shape index (κ1) is 21.9. The molecule has 1 saturated heterocycles. The van der Waals surface area contributed by atoms with Crippen LogP contribution >= 0.6 is 0 Å². The van der Waals surface area contributed by atoms with Crippen molar-refractivity contribution >= 4 is 0 Å². The summed E-state index contributed by atoms with van der Waals surface area (Å²) < 4.78 is 38.5. The summed E-state index contributed by atoms with van der Waals surface area (Å²) in [6.45, 7) is -0.783. The van der Waals surface area contributed by atoms with Crippen LogP contribution in [0, 0.1) is 0 Å². The molecule has 0 aromatic rings. The van der Waals surface area contributed by atoms with Gasteiger partial charge in [-0.15, -0.1) is 0 Å². The van der Waals surface area contributed by atoms with Crippen LogP contribution in [0.2, 0.25) is 0 Å². The number of alkyl halides is 2. The van der Waals surface area contributed by atoms with E-state index >= 15 is 0 Å². The molecule has 28 heavy (non-hydrogen) atoms. The molecule has 2 unspecified atom stereocenters. The third kappa shape index (κ3) is 4.52. The molecule has 1 aliphatic heterocycles. The summed E-state index contributed by atoms with van der Waals surface area (Å²) in [6.07, 6.45) is -11.2. The maximum atomic E-state index is 14.0. The standard InChI is InChI=1S/C12H17F2N9O5/c13-12(14)6(24)2-8(27-7(12)3-18-21-15)28-11-5(20-23-17)1-4(19-22-16)9(25)10(11)26/h4-11,24-26H,1-3H2/t4?,5?,6-,7-,8-,9+,10-,11-/m1/s1. The van der Waals surface area contributed by atoms with Gasteiger partial charge in [-0.05, 0) is 23.0 Å². The molecule has 16 heteroatoms. The van der Waals surface area contributed by atoms with E-state index in [0.29, 0.717) is 0 Å². The van der Waals surface area contributed by atoms with Gasteiger partial charge in [0.15, 0.2) is 6.29 Å². The molecule has 0 bridgehead atoms. The van der Waals surface area contributed by atoms with Crippen molar-refractivity contribution in [3.8, 4) is 0 Å². The van der Waals surface area contributed by atoms with E-state index in [0.717, 1.165) is 0 Å². The van der Waals surface area contributed by atoms with Crippen LogP contribution in [-0.2, 0) is 9.47 Å². The zero-order valence-corrected chi connectivity index (χ0v) is 14.2. The van der Waals surface area contributed by atoms with Gasteiger partial charge in [-0.3, -0.25) is 0 Å². The van der Waals surface area contributed by atoms with Gasteiger partial charge in [0.25, 0.3) is 5.92 Å². The normalized spacial score (nSPS) is 39.8. The van der Waals surface area contributed by atoms with Crippen LogP contribution in [0.25, 0.3) is 31.3 Å². The zero-order chi connectivity index (χ0) is 20.9. The second-order valence-electron chi connectivity index (χ2n) is 6.26. The molecule has 0 aromatic heterocycles. The van der Waals surface area contributed by atoms with Crippen LogP contribution in [0.15, 0.2) is 15.3 Å². The van der Waals surface area contributed by atoms with Gasteiger partial charge >= 0.3 is 0 Å². The van der Waals surface area contributed by atoms with Crippen LogP contribution < -0.4 is 0 Å². The molecule has 2 fully saturated rings. The van der Waals surface area contributed by atoms with E-state index in [1.807, 2.05) is 0 Å². The predicted octanol–water partition coefficient (Wildman–Crippen LogP) is 1.28. The average molecular weight is 405 g/mol. The first-order chi connectivity index (χ1) is 13.3. The number of hydrogen-bond donors (Lipinski definition) is 3. The lowest BCUT2D eigenvalue weighted by Crippen LogP contribution is -2.60. The van der Waals surface area contributed by atoms with Crippen molar-refractivity contribution in [2.75, 3.05) is 6.54 Å². The molecule has 0 spiro atoms. The molecule has 0 aromatic carbocycles. The highest BCUT2D eigenvalue weighted by atomic mass is 19.3. The van der Waals surface area contributed by atoms with Gasteiger partial charge in [0, 0.05) is 21.2 Å². The Kier molecular flexibility index (Phi) is 7.18. The first-order valence-electron chi connectivity index (χ1n) is 8.08. The lowest BCUT2D eigenvalue weighted by Gasteiger charge is -2.44. The van der Waals surface area contributed by atoms with E-state index < -0.39 is 67.8 Å². The van der Waals surface area contributed by atoms with Gasteiger partial charge in [0.05, 0.1) is 30.8 Å². The van der Waals surface area contributed by atoms with Crippen LogP contribution in [0.1, 0.15) is 12.8 Å². The largest absolute Gasteiger partial charge is 0.390 e. The van der Waals surface area contributed by atoms with E-state index in [2.05, 4.69) is 30.1 Å². The minimum atomic E-state index is -3.71. The Bertz CT molecular complexity index is 710. The molecule has 3 N–H and O–H groups in total. The molecule has 2 aliphatic rings. The summed E-state index contributed by atoms with van der Waals surface area (Å²) in [5.74, 6) is -3.71. The topological polar surface area (TPSA) is 225 Å². The molecular weight excluding hydrogens is 388 g/mol. The van der Waals surface area contributed by atoms with E-state index in [1.165, 1.54) is 0 Å². The second-order valence-corrected chi connectivity index (χ2v) is 6.26. The van der Waals surface area contributed by atoms with Crippen molar-refractivity contribution < 1.29 is 33.6 Å². The average Bonchev–Trinajstić information content (AvgIpc) is 2.64. The van der Waals surface area contributed by atoms with E-state index in [1.54, 1.807) is 0 Å². The van der Waals surface area contributed by atoms with Gasteiger partial charge in [-0.2, -0.15) is 0 Å². The molecule has 1 heterocycles. The fraction of sp³-hybridized carbons (Fsp3) is 1.00. The van der Waals surface area contributed by atoms with Crippen LogP contribution in [-0.4, -0.2) is 76.7 Å². The first-order valence-corrected chi connectivity index (χ1v) is 8.08. The Hall–Kier alpha value is -2.41. The number of azide groups is 3. The number of aliphatic hydroxyl groups excluding tert-OH is 3. The minimum absolute atomic E-state index is 0.176. The number of aliphatic hydroxyl groups is 3. The summed E-state index contributed by atoms with van der Waals surface area (Å²) in [6, 6.07) is -2.21. The van der Waals surface area contributed by atoms with E-state index in [4.69, 9.17) is 26.1 Å². The third-order valence-corrected chi connectivity index (χ3v) is 4.57. The zero-order valence-electron chi connectivity index (χ0n) is 14.2. The molecule has 1 saturated carbocycles. The Morgan fingerprint density at radius 3 is 2.25 bits per heavy atom. The number of hydrogen-bond acceptors (Lipinski definition) is 8. The molecule has 0 amide bonds. The van der Waals surface area contributed by atoms with Crippen molar-refractivity contribution in [1.82, 2.24) is 0 Å². The molecule has 1 aliphatic carbocycles. The number of rotatable bonds is 6. The summed E-state index contributed by atoms with van der Waals surface area (Å²) in [5, 5.41) is 39.8.